The molecule has 0 fully saturated rings. The second kappa shape index (κ2) is 13.9. The van der Waals surface area contributed by atoms with Crippen LogP contribution in [0.25, 0.3) is 11.1 Å². The Labute approximate surface area is 224 Å². The van der Waals surface area contributed by atoms with Gasteiger partial charge in [0.25, 0.3) is 5.91 Å². The number of nitrogens with one attached hydrogen (secondary N) is 1. The number of benzene rings is 3. The molecule has 0 aliphatic rings. The van der Waals surface area contributed by atoms with Gasteiger partial charge in [0.1, 0.15) is 12.4 Å². The average Bonchev–Trinajstić information content (AvgIpc) is 3.53. The van der Waals surface area contributed by atoms with Gasteiger partial charge in [-0.2, -0.15) is 5.10 Å². The van der Waals surface area contributed by atoms with Crippen LogP contribution in [0.5, 0.6) is 5.75 Å². The molecule has 38 heavy (non-hydrogen) atoms. The molecule has 7 heteroatoms. The number of carbonyl (C=O) groups is 2. The van der Waals surface area contributed by atoms with Crippen molar-refractivity contribution in [3.63, 3.8) is 0 Å². The van der Waals surface area contributed by atoms with E-state index >= 15 is 0 Å². The van der Waals surface area contributed by atoms with Crippen molar-refractivity contribution in [1.82, 2.24) is 15.1 Å². The first-order chi connectivity index (χ1) is 19.1. The summed E-state index contributed by atoms with van der Waals surface area (Å²) in [7, 11) is 0. The monoisotopic (exact) mass is 512 g/mol. The van der Waals surface area contributed by atoms with Crippen molar-refractivity contribution >= 4 is 11.7 Å². The summed E-state index contributed by atoms with van der Waals surface area (Å²) in [6.07, 6.45) is 6.12. The molecule has 1 unspecified atom stereocenters. The van der Waals surface area contributed by atoms with E-state index in [-0.39, 0.29) is 18.2 Å². The van der Waals surface area contributed by atoms with Crippen molar-refractivity contribution in [3.05, 3.63) is 108 Å². The van der Waals surface area contributed by atoms with E-state index in [1.165, 1.54) is 0 Å². The Morgan fingerprint density at radius 3 is 2.42 bits per heavy atom. The maximum absolute atomic E-state index is 13.8. The summed E-state index contributed by atoms with van der Waals surface area (Å²) in [5, 5.41) is 15.6. The lowest BCUT2D eigenvalue weighted by Crippen LogP contribution is -2.30. The van der Waals surface area contributed by atoms with Gasteiger partial charge in [-0.3, -0.25) is 14.7 Å². The molecular formula is C31H33N3O4. The summed E-state index contributed by atoms with van der Waals surface area (Å²) >= 11 is 0. The summed E-state index contributed by atoms with van der Waals surface area (Å²) in [6.45, 7) is -0.713. The predicted molar refractivity (Wildman–Crippen MR) is 147 cm³/mol. The lowest BCUT2D eigenvalue weighted by atomic mass is 10.1. The average molecular weight is 513 g/mol. The van der Waals surface area contributed by atoms with Crippen LogP contribution in [0.3, 0.4) is 0 Å². The number of amides is 1. The number of H-pyrrole nitrogens is 1. The Morgan fingerprint density at radius 2 is 1.68 bits per heavy atom. The molecule has 0 radical (unpaired) electrons. The van der Waals surface area contributed by atoms with Crippen LogP contribution in [0.1, 0.15) is 48.5 Å². The van der Waals surface area contributed by atoms with Crippen LogP contribution in [0.2, 0.25) is 0 Å². The summed E-state index contributed by atoms with van der Waals surface area (Å²) in [6, 6.07) is 24.3. The largest absolute Gasteiger partial charge is 0.493 e. The number of para-hydroxylation sites is 1. The number of nitrogens with zero attached hydrogens (tertiary/aromatic N) is 2. The highest BCUT2D eigenvalue weighted by Gasteiger charge is 2.19. The molecule has 196 valence electrons. The molecule has 4 rings (SSSR count). The Morgan fingerprint density at radius 1 is 0.921 bits per heavy atom. The molecule has 7 nitrogen and oxygen atoms in total. The number of carbonyl (C=O) groups excluding carboxylic acids is 2. The fourth-order valence-electron chi connectivity index (χ4n) is 4.08. The number of aliphatic hydroxyl groups is 1. The number of hydrogen-bond acceptors (Lipinski definition) is 5. The van der Waals surface area contributed by atoms with E-state index in [0.29, 0.717) is 36.3 Å². The standard InChI is InChI=1S/C31H33N3O4/c35-23-29(36)12-5-2-8-18-38-30-13-7-6-11-27(30)22-34(21-24-9-3-1-4-10-24)31(37)26-16-14-25(15-17-26)28-19-32-33-20-28/h1,3-4,6-7,9-11,13-17,19-20,35H,2,5,8,12,18,21-23H2,(H,32,33)/i22D. The third-order valence-electron chi connectivity index (χ3n) is 6.17. The second-order valence-electron chi connectivity index (χ2n) is 9.01. The number of ether oxygens (including phenoxy) is 1. The van der Waals surface area contributed by atoms with Crippen molar-refractivity contribution in [2.24, 2.45) is 0 Å². The molecular weight excluding hydrogens is 478 g/mol. The number of aliphatic hydroxyl groups excluding tert-OH is 1. The Balaban J connectivity index is 1.51. The van der Waals surface area contributed by atoms with E-state index in [2.05, 4.69) is 10.2 Å². The van der Waals surface area contributed by atoms with E-state index in [1.807, 2.05) is 66.7 Å². The molecule has 0 aliphatic heterocycles. The molecule has 0 bridgehead atoms. The van der Waals surface area contributed by atoms with Gasteiger partial charge in [0.15, 0.2) is 5.78 Å². The van der Waals surface area contributed by atoms with Gasteiger partial charge in [-0.05, 0) is 48.6 Å². The lowest BCUT2D eigenvalue weighted by Gasteiger charge is -2.24. The van der Waals surface area contributed by atoms with Gasteiger partial charge >= 0.3 is 0 Å². The minimum atomic E-state index is -0.996. The molecule has 0 aliphatic carbocycles. The Bertz CT molecular complexity index is 1330. The Kier molecular flexibility index (Phi) is 9.30. The van der Waals surface area contributed by atoms with Gasteiger partial charge in [-0.25, -0.2) is 0 Å². The maximum Gasteiger partial charge on any atom is 0.254 e. The number of hydrogen-bond donors (Lipinski definition) is 2. The summed E-state index contributed by atoms with van der Waals surface area (Å²) in [4.78, 5) is 26.6. The normalized spacial score (nSPS) is 12.0. The zero-order valence-corrected chi connectivity index (χ0v) is 21.3. The number of ketones is 1. The van der Waals surface area contributed by atoms with E-state index < -0.39 is 13.1 Å². The van der Waals surface area contributed by atoms with Gasteiger partial charge in [0.05, 0.1) is 14.2 Å². The molecule has 3 aromatic carbocycles. The van der Waals surface area contributed by atoms with Crippen LogP contribution >= 0.6 is 0 Å². The Hall–Kier alpha value is -4.23. The maximum atomic E-state index is 13.8. The third-order valence-corrected chi connectivity index (χ3v) is 6.17. The van der Waals surface area contributed by atoms with E-state index in [4.69, 9.17) is 11.2 Å². The highest BCUT2D eigenvalue weighted by atomic mass is 16.5. The van der Waals surface area contributed by atoms with Crippen LogP contribution in [0.15, 0.2) is 91.3 Å². The van der Waals surface area contributed by atoms with E-state index in [9.17, 15) is 9.59 Å². The van der Waals surface area contributed by atoms with Gasteiger partial charge in [-0.15, -0.1) is 0 Å². The first-order valence-corrected chi connectivity index (χ1v) is 12.8. The SMILES string of the molecule is [2H]C(c1ccccc1OCCCCCC(=O)CO)N(Cc1ccccc1)C(=O)c1ccc(-c2cn[nH]c2)cc1. The van der Waals surface area contributed by atoms with Crippen LogP contribution in [-0.2, 0) is 17.9 Å². The first kappa shape index (κ1) is 25.4. The van der Waals surface area contributed by atoms with Crippen LogP contribution in [0.4, 0.5) is 0 Å². The summed E-state index contributed by atoms with van der Waals surface area (Å²) in [5.74, 6) is 0.156. The first-order valence-electron chi connectivity index (χ1n) is 13.3. The number of Topliss-reactive ketones (excluding diaryl/α,β-unsaturated/α-hetero) is 1. The zero-order valence-electron chi connectivity index (χ0n) is 22.3. The topological polar surface area (TPSA) is 95.5 Å². The molecule has 0 spiro atoms. The molecule has 4 aromatic rings. The van der Waals surface area contributed by atoms with E-state index in [1.54, 1.807) is 29.4 Å². The minimum Gasteiger partial charge on any atom is -0.493 e. The van der Waals surface area contributed by atoms with Crippen LogP contribution in [-0.4, -0.2) is 45.1 Å². The van der Waals surface area contributed by atoms with Crippen molar-refractivity contribution in [3.8, 4) is 16.9 Å². The number of aromatic nitrogens is 2. The molecule has 0 saturated heterocycles. The second-order valence-corrected chi connectivity index (χ2v) is 9.01. The van der Waals surface area contributed by atoms with Crippen LogP contribution in [0, 0.1) is 0 Å². The van der Waals surface area contributed by atoms with Gasteiger partial charge in [0.2, 0.25) is 0 Å². The number of rotatable bonds is 14. The van der Waals surface area contributed by atoms with Gasteiger partial charge in [0, 0.05) is 42.4 Å². The third kappa shape index (κ3) is 7.63. The van der Waals surface area contributed by atoms with Gasteiger partial charge in [-0.1, -0.05) is 60.7 Å². The van der Waals surface area contributed by atoms with Crippen molar-refractivity contribution in [1.29, 1.82) is 0 Å². The number of aromatic amines is 1. The van der Waals surface area contributed by atoms with Crippen LogP contribution < -0.4 is 4.74 Å². The predicted octanol–water partition coefficient (Wildman–Crippen LogP) is 5.42. The molecule has 0 saturated carbocycles. The number of unbranched alkanes of at least 4 members (excludes halogenated alkanes) is 2. The molecule has 2 N–H and O–H groups in total. The fourth-order valence-corrected chi connectivity index (χ4v) is 4.08. The minimum absolute atomic E-state index is 0.155. The molecule has 1 heterocycles. The summed E-state index contributed by atoms with van der Waals surface area (Å²) < 4.78 is 15.2. The molecule has 1 atom stereocenters. The quantitative estimate of drug-likeness (QED) is 0.220. The summed E-state index contributed by atoms with van der Waals surface area (Å²) in [5.41, 5.74) is 3.89. The smallest absolute Gasteiger partial charge is 0.254 e. The van der Waals surface area contributed by atoms with Crippen molar-refractivity contribution < 1.29 is 20.8 Å². The lowest BCUT2D eigenvalue weighted by molar-refractivity contribution is -0.121. The van der Waals surface area contributed by atoms with Gasteiger partial charge < -0.3 is 14.7 Å². The molecule has 1 aromatic heterocycles. The fraction of sp³-hybridized carbons (Fsp3) is 0.258. The molecule has 1 amide bonds. The van der Waals surface area contributed by atoms with Crippen molar-refractivity contribution in [2.75, 3.05) is 13.2 Å². The zero-order chi connectivity index (χ0) is 27.5. The highest BCUT2D eigenvalue weighted by Crippen LogP contribution is 2.24. The van der Waals surface area contributed by atoms with Crippen molar-refractivity contribution in [2.45, 2.75) is 38.7 Å². The highest BCUT2D eigenvalue weighted by molar-refractivity contribution is 5.94. The van der Waals surface area contributed by atoms with E-state index in [0.717, 1.165) is 29.5 Å².